The fourth-order valence-corrected chi connectivity index (χ4v) is 5.28. The molecular weight excluding hydrogens is 429 g/mol. The van der Waals surface area contributed by atoms with Gasteiger partial charge in [-0.2, -0.15) is 0 Å². The Morgan fingerprint density at radius 2 is 2.14 bits per heavy atom. The standard InChI is InChI=1S/C21H27N3O2S.2ClH/c1-14-4-3-8-23-17(14)12-15(2)24-20(25)19-13-16-18(27-19)5-11-26-21(16)6-9-22-10-7-21;;/h3-4,8,13,15,22H,5-7,9-12H2,1-2H3,(H,24,25);2*1H. The second-order valence-corrected chi connectivity index (χ2v) is 8.77. The molecule has 2 N–H and O–H groups in total. The van der Waals surface area contributed by atoms with E-state index in [0.717, 1.165) is 61.5 Å². The Bertz CT molecular complexity index is 837. The van der Waals surface area contributed by atoms with Gasteiger partial charge in [0.05, 0.1) is 17.1 Å². The molecule has 1 amide bonds. The van der Waals surface area contributed by atoms with Crippen LogP contribution in [-0.2, 0) is 23.2 Å². The number of thiophene rings is 1. The lowest BCUT2D eigenvalue weighted by Gasteiger charge is -2.40. The number of hydrogen-bond donors (Lipinski definition) is 2. The van der Waals surface area contributed by atoms with Crippen LogP contribution < -0.4 is 10.6 Å². The predicted molar refractivity (Wildman–Crippen MR) is 122 cm³/mol. The van der Waals surface area contributed by atoms with Crippen molar-refractivity contribution in [1.82, 2.24) is 15.6 Å². The third-order valence-electron chi connectivity index (χ3n) is 5.64. The number of hydrogen-bond acceptors (Lipinski definition) is 5. The number of halogens is 2. The molecule has 1 spiro atoms. The number of aromatic nitrogens is 1. The largest absolute Gasteiger partial charge is 0.370 e. The lowest BCUT2D eigenvalue weighted by atomic mass is 9.83. The number of ether oxygens (including phenoxy) is 1. The van der Waals surface area contributed by atoms with Crippen molar-refractivity contribution in [3.8, 4) is 0 Å². The SMILES string of the molecule is Cc1cccnc1CC(C)NC(=O)c1cc2c(s1)CCOC21CCNCC1.Cl.Cl. The average molecular weight is 458 g/mol. The van der Waals surface area contributed by atoms with Gasteiger partial charge in [-0.3, -0.25) is 9.78 Å². The van der Waals surface area contributed by atoms with Crippen LogP contribution in [0.4, 0.5) is 0 Å². The van der Waals surface area contributed by atoms with Crippen LogP contribution in [0.25, 0.3) is 0 Å². The Balaban J connectivity index is 0.00000150. The predicted octanol–water partition coefficient (Wildman–Crippen LogP) is 3.81. The maximum atomic E-state index is 12.8. The number of carbonyl (C=O) groups is 1. The van der Waals surface area contributed by atoms with E-state index < -0.39 is 0 Å². The minimum absolute atomic E-state index is 0. The number of rotatable bonds is 4. The lowest BCUT2D eigenvalue weighted by Crippen LogP contribution is -2.44. The maximum Gasteiger partial charge on any atom is 0.261 e. The molecule has 2 aliphatic rings. The van der Waals surface area contributed by atoms with Crippen molar-refractivity contribution < 1.29 is 9.53 Å². The Kier molecular flexibility index (Phi) is 8.49. The van der Waals surface area contributed by atoms with Gasteiger partial charge in [0, 0.05) is 35.7 Å². The van der Waals surface area contributed by atoms with Crippen LogP contribution in [0.5, 0.6) is 0 Å². The third kappa shape index (κ3) is 5.12. The zero-order chi connectivity index (χ0) is 18.9. The highest BCUT2D eigenvalue weighted by atomic mass is 35.5. The second-order valence-electron chi connectivity index (χ2n) is 7.64. The highest BCUT2D eigenvalue weighted by Gasteiger charge is 2.40. The number of piperidine rings is 1. The van der Waals surface area contributed by atoms with Crippen molar-refractivity contribution in [2.45, 2.75) is 51.2 Å². The van der Waals surface area contributed by atoms with Crippen LogP contribution in [0.1, 0.15) is 51.1 Å². The minimum Gasteiger partial charge on any atom is -0.370 e. The molecule has 2 aromatic rings. The summed E-state index contributed by atoms with van der Waals surface area (Å²) in [6.07, 6.45) is 5.41. The molecule has 5 nitrogen and oxygen atoms in total. The Morgan fingerprint density at radius 1 is 1.38 bits per heavy atom. The van der Waals surface area contributed by atoms with Gasteiger partial charge < -0.3 is 15.4 Å². The topological polar surface area (TPSA) is 63.2 Å². The van der Waals surface area contributed by atoms with E-state index in [9.17, 15) is 4.79 Å². The van der Waals surface area contributed by atoms with E-state index >= 15 is 0 Å². The van der Waals surface area contributed by atoms with Crippen molar-refractivity contribution >= 4 is 42.1 Å². The summed E-state index contributed by atoms with van der Waals surface area (Å²) in [6.45, 7) is 6.79. The highest BCUT2D eigenvalue weighted by molar-refractivity contribution is 7.14. The molecule has 0 radical (unpaired) electrons. The minimum atomic E-state index is -0.190. The molecule has 29 heavy (non-hydrogen) atoms. The van der Waals surface area contributed by atoms with E-state index in [-0.39, 0.29) is 42.4 Å². The number of amides is 1. The quantitative estimate of drug-likeness (QED) is 0.732. The summed E-state index contributed by atoms with van der Waals surface area (Å²) in [5, 5.41) is 6.56. The maximum absolute atomic E-state index is 12.8. The molecule has 1 fully saturated rings. The summed E-state index contributed by atoms with van der Waals surface area (Å²) >= 11 is 1.63. The number of nitrogens with zero attached hydrogens (tertiary/aromatic N) is 1. The second kappa shape index (κ2) is 10.2. The summed E-state index contributed by atoms with van der Waals surface area (Å²) in [5.41, 5.74) is 3.26. The first-order chi connectivity index (χ1) is 13.1. The van der Waals surface area contributed by atoms with Gasteiger partial charge in [-0.15, -0.1) is 36.2 Å². The normalized spacial score (nSPS) is 18.1. The van der Waals surface area contributed by atoms with E-state index in [2.05, 4.69) is 34.7 Å². The molecule has 8 heteroatoms. The van der Waals surface area contributed by atoms with Crippen LogP contribution >= 0.6 is 36.2 Å². The molecular formula is C21H29Cl2N3O2S. The Hall–Kier alpha value is -1.18. The summed E-state index contributed by atoms with van der Waals surface area (Å²) < 4.78 is 6.23. The van der Waals surface area contributed by atoms with E-state index in [1.54, 1.807) is 11.3 Å². The molecule has 4 rings (SSSR count). The molecule has 2 aliphatic heterocycles. The number of nitrogens with one attached hydrogen (secondary N) is 2. The molecule has 0 saturated carbocycles. The van der Waals surface area contributed by atoms with Crippen LogP contribution in [0.3, 0.4) is 0 Å². The molecule has 1 unspecified atom stereocenters. The number of pyridine rings is 1. The first-order valence-corrected chi connectivity index (χ1v) is 10.6. The average Bonchev–Trinajstić information content (AvgIpc) is 3.11. The van der Waals surface area contributed by atoms with E-state index in [1.165, 1.54) is 10.4 Å². The van der Waals surface area contributed by atoms with Gasteiger partial charge >= 0.3 is 0 Å². The molecule has 0 aliphatic carbocycles. The van der Waals surface area contributed by atoms with Gasteiger partial charge in [-0.25, -0.2) is 0 Å². The van der Waals surface area contributed by atoms with Crippen molar-refractivity contribution in [2.24, 2.45) is 0 Å². The highest BCUT2D eigenvalue weighted by Crippen LogP contribution is 2.43. The number of carbonyl (C=O) groups excluding carboxylic acids is 1. The lowest BCUT2D eigenvalue weighted by molar-refractivity contribution is -0.0792. The molecule has 2 aromatic heterocycles. The van der Waals surface area contributed by atoms with Crippen molar-refractivity contribution in [2.75, 3.05) is 19.7 Å². The van der Waals surface area contributed by atoms with Gasteiger partial charge in [0.15, 0.2) is 0 Å². The van der Waals surface area contributed by atoms with Crippen molar-refractivity contribution in [3.05, 3.63) is 51.0 Å². The fraction of sp³-hybridized carbons (Fsp3) is 0.524. The summed E-state index contributed by atoms with van der Waals surface area (Å²) in [7, 11) is 0. The number of aryl methyl sites for hydroxylation is 1. The fourth-order valence-electron chi connectivity index (χ4n) is 4.14. The zero-order valence-electron chi connectivity index (χ0n) is 16.8. The summed E-state index contributed by atoms with van der Waals surface area (Å²) in [5.74, 6) is 0.0135. The zero-order valence-corrected chi connectivity index (χ0v) is 19.3. The monoisotopic (exact) mass is 457 g/mol. The van der Waals surface area contributed by atoms with Crippen LogP contribution in [0, 0.1) is 6.92 Å². The molecule has 160 valence electrons. The third-order valence-corrected chi connectivity index (χ3v) is 6.83. The van der Waals surface area contributed by atoms with Crippen LogP contribution in [-0.4, -0.2) is 36.6 Å². The molecule has 4 heterocycles. The van der Waals surface area contributed by atoms with E-state index in [0.29, 0.717) is 0 Å². The van der Waals surface area contributed by atoms with E-state index in [4.69, 9.17) is 4.74 Å². The Labute approximate surface area is 188 Å². The first kappa shape index (κ1) is 24.1. The van der Waals surface area contributed by atoms with Crippen LogP contribution in [0.15, 0.2) is 24.4 Å². The molecule has 1 atom stereocenters. The summed E-state index contributed by atoms with van der Waals surface area (Å²) in [6, 6.07) is 6.12. The first-order valence-electron chi connectivity index (χ1n) is 9.77. The Morgan fingerprint density at radius 3 is 2.86 bits per heavy atom. The van der Waals surface area contributed by atoms with Gasteiger partial charge in [0.25, 0.3) is 5.91 Å². The van der Waals surface area contributed by atoms with Gasteiger partial charge in [-0.05, 0) is 63.0 Å². The molecule has 0 bridgehead atoms. The number of fused-ring (bicyclic) bond motifs is 2. The summed E-state index contributed by atoms with van der Waals surface area (Å²) in [4.78, 5) is 19.4. The van der Waals surface area contributed by atoms with Gasteiger partial charge in [0.1, 0.15) is 0 Å². The van der Waals surface area contributed by atoms with Crippen LogP contribution in [0.2, 0.25) is 0 Å². The van der Waals surface area contributed by atoms with Gasteiger partial charge in [-0.1, -0.05) is 6.07 Å². The molecule has 1 saturated heterocycles. The van der Waals surface area contributed by atoms with Crippen molar-refractivity contribution in [3.63, 3.8) is 0 Å². The molecule has 0 aromatic carbocycles. The van der Waals surface area contributed by atoms with Crippen molar-refractivity contribution in [1.29, 1.82) is 0 Å². The van der Waals surface area contributed by atoms with E-state index in [1.807, 2.05) is 19.2 Å². The smallest absolute Gasteiger partial charge is 0.261 e. The van der Waals surface area contributed by atoms with Gasteiger partial charge in [0.2, 0.25) is 0 Å².